The zero-order chi connectivity index (χ0) is 16.5. The highest BCUT2D eigenvalue weighted by Crippen LogP contribution is 2.16. The number of amides is 1. The lowest BCUT2D eigenvalue weighted by atomic mass is 10.2. The SMILES string of the molecule is O=C(O)NCc1cccc(F)c1.O=[N+]([O-])c1cccc(Cl)c1. The predicted octanol–water partition coefficient (Wildman–Crippen LogP) is 3.84. The molecule has 0 unspecified atom stereocenters. The summed E-state index contributed by atoms with van der Waals surface area (Å²) in [7, 11) is 0. The number of nitrogens with zero attached hydrogens (tertiary/aromatic N) is 1. The van der Waals surface area contributed by atoms with Gasteiger partial charge in [0.2, 0.25) is 0 Å². The topological polar surface area (TPSA) is 92.5 Å². The van der Waals surface area contributed by atoms with E-state index in [-0.39, 0.29) is 18.0 Å². The highest BCUT2D eigenvalue weighted by atomic mass is 35.5. The molecule has 6 nitrogen and oxygen atoms in total. The van der Waals surface area contributed by atoms with Gasteiger partial charge in [-0.1, -0.05) is 29.8 Å². The lowest BCUT2D eigenvalue weighted by Gasteiger charge is -2.00. The van der Waals surface area contributed by atoms with E-state index in [9.17, 15) is 19.3 Å². The number of carboxylic acid groups (broad SMARTS) is 1. The van der Waals surface area contributed by atoms with Gasteiger partial charge in [-0.25, -0.2) is 9.18 Å². The van der Waals surface area contributed by atoms with Gasteiger partial charge >= 0.3 is 6.09 Å². The number of halogens is 2. The second kappa shape index (κ2) is 8.58. The van der Waals surface area contributed by atoms with Crippen LogP contribution in [0.25, 0.3) is 0 Å². The van der Waals surface area contributed by atoms with Crippen LogP contribution in [0.15, 0.2) is 48.5 Å². The Morgan fingerprint density at radius 1 is 1.27 bits per heavy atom. The molecule has 0 radical (unpaired) electrons. The summed E-state index contributed by atoms with van der Waals surface area (Å²) in [4.78, 5) is 19.7. The van der Waals surface area contributed by atoms with Crippen molar-refractivity contribution in [3.05, 3.63) is 75.0 Å². The van der Waals surface area contributed by atoms with Crippen molar-refractivity contribution in [2.24, 2.45) is 0 Å². The highest BCUT2D eigenvalue weighted by Gasteiger charge is 2.02. The maximum atomic E-state index is 12.5. The van der Waals surface area contributed by atoms with Gasteiger partial charge in [0.05, 0.1) is 4.92 Å². The number of non-ortho nitro benzene ring substituents is 1. The van der Waals surface area contributed by atoms with Crippen molar-refractivity contribution in [2.45, 2.75) is 6.54 Å². The molecule has 0 heterocycles. The molecule has 1 amide bonds. The van der Waals surface area contributed by atoms with E-state index in [0.29, 0.717) is 10.6 Å². The fourth-order valence-corrected chi connectivity index (χ4v) is 1.60. The molecule has 0 saturated carbocycles. The minimum absolute atomic E-state index is 0.0208. The first-order valence-electron chi connectivity index (χ1n) is 5.99. The average Bonchev–Trinajstić information content (AvgIpc) is 2.46. The summed E-state index contributed by atoms with van der Waals surface area (Å²) in [6.45, 7) is 0.132. The van der Waals surface area contributed by atoms with Gasteiger partial charge in [-0.2, -0.15) is 0 Å². The van der Waals surface area contributed by atoms with E-state index in [4.69, 9.17) is 16.7 Å². The lowest BCUT2D eigenvalue weighted by Crippen LogP contribution is -2.19. The van der Waals surface area contributed by atoms with Crippen LogP contribution in [0.3, 0.4) is 0 Å². The Balaban J connectivity index is 0.000000224. The van der Waals surface area contributed by atoms with E-state index >= 15 is 0 Å². The van der Waals surface area contributed by atoms with E-state index in [0.717, 1.165) is 0 Å². The zero-order valence-corrected chi connectivity index (χ0v) is 12.0. The molecular formula is C14H12ClFN2O4. The second-order valence-electron chi connectivity index (χ2n) is 4.03. The van der Waals surface area contributed by atoms with Crippen molar-refractivity contribution in [3.63, 3.8) is 0 Å². The number of nitro benzene ring substituents is 1. The van der Waals surface area contributed by atoms with Crippen LogP contribution < -0.4 is 5.32 Å². The molecule has 2 rings (SSSR count). The summed E-state index contributed by atoms with van der Waals surface area (Å²) in [5.74, 6) is -0.361. The molecule has 0 atom stereocenters. The molecule has 0 spiro atoms. The van der Waals surface area contributed by atoms with Crippen molar-refractivity contribution in [2.75, 3.05) is 0 Å². The van der Waals surface area contributed by atoms with Crippen molar-refractivity contribution in [3.8, 4) is 0 Å². The van der Waals surface area contributed by atoms with Gasteiger partial charge in [0.1, 0.15) is 5.82 Å². The summed E-state index contributed by atoms with van der Waals surface area (Å²) in [5, 5.41) is 20.9. The van der Waals surface area contributed by atoms with Crippen LogP contribution in [0.5, 0.6) is 0 Å². The minimum atomic E-state index is -1.11. The van der Waals surface area contributed by atoms with Crippen LogP contribution in [-0.4, -0.2) is 16.1 Å². The molecule has 0 fully saturated rings. The first-order valence-corrected chi connectivity index (χ1v) is 6.37. The average molecular weight is 327 g/mol. The van der Waals surface area contributed by atoms with Gasteiger partial charge in [-0.05, 0) is 23.8 Å². The molecule has 0 aliphatic carbocycles. The molecule has 2 aromatic carbocycles. The predicted molar refractivity (Wildman–Crippen MR) is 79.4 cm³/mol. The molecule has 2 N–H and O–H groups in total. The Labute approximate surface area is 130 Å². The van der Waals surface area contributed by atoms with E-state index in [1.165, 1.54) is 30.3 Å². The molecule has 0 saturated heterocycles. The number of nitrogens with one attached hydrogen (secondary N) is 1. The Morgan fingerprint density at radius 2 is 1.95 bits per heavy atom. The fraction of sp³-hybridized carbons (Fsp3) is 0.0714. The van der Waals surface area contributed by atoms with Crippen LogP contribution >= 0.6 is 11.6 Å². The molecule has 2 aromatic rings. The maximum absolute atomic E-state index is 12.5. The van der Waals surface area contributed by atoms with E-state index < -0.39 is 11.0 Å². The third-order valence-electron chi connectivity index (χ3n) is 2.35. The van der Waals surface area contributed by atoms with Gasteiger partial charge in [-0.15, -0.1) is 0 Å². The first-order chi connectivity index (χ1) is 10.4. The van der Waals surface area contributed by atoms with Gasteiger partial charge in [0, 0.05) is 23.7 Å². The Hall–Kier alpha value is -2.67. The Bertz CT molecular complexity index is 667. The molecule has 8 heteroatoms. The van der Waals surface area contributed by atoms with Gasteiger partial charge < -0.3 is 10.4 Å². The van der Waals surface area contributed by atoms with Crippen molar-refractivity contribution >= 4 is 23.4 Å². The van der Waals surface area contributed by atoms with Gasteiger partial charge in [0.15, 0.2) is 0 Å². The quantitative estimate of drug-likeness (QED) is 0.662. The molecule has 22 heavy (non-hydrogen) atoms. The fourth-order valence-electron chi connectivity index (χ4n) is 1.41. The normalized spacial score (nSPS) is 9.36. The van der Waals surface area contributed by atoms with Crippen molar-refractivity contribution in [1.82, 2.24) is 5.32 Å². The van der Waals surface area contributed by atoms with Crippen LogP contribution in [-0.2, 0) is 6.54 Å². The summed E-state index contributed by atoms with van der Waals surface area (Å²) >= 11 is 5.48. The molecule has 116 valence electrons. The summed E-state index contributed by atoms with van der Waals surface area (Å²) in [5.41, 5.74) is 0.630. The number of rotatable bonds is 3. The summed E-state index contributed by atoms with van der Waals surface area (Å²) in [6.07, 6.45) is -1.11. The van der Waals surface area contributed by atoms with Crippen molar-refractivity contribution < 1.29 is 19.2 Å². The number of hydrogen-bond donors (Lipinski definition) is 2. The monoisotopic (exact) mass is 326 g/mol. The highest BCUT2D eigenvalue weighted by molar-refractivity contribution is 6.30. The minimum Gasteiger partial charge on any atom is -0.465 e. The molecular weight excluding hydrogens is 315 g/mol. The van der Waals surface area contributed by atoms with E-state index in [1.807, 2.05) is 0 Å². The van der Waals surface area contributed by atoms with Crippen LogP contribution in [0.1, 0.15) is 5.56 Å². The molecule has 0 aliphatic rings. The second-order valence-corrected chi connectivity index (χ2v) is 4.46. The summed E-state index contributed by atoms with van der Waals surface area (Å²) in [6, 6.07) is 11.6. The lowest BCUT2D eigenvalue weighted by molar-refractivity contribution is -0.384. The zero-order valence-electron chi connectivity index (χ0n) is 11.2. The number of nitro groups is 1. The first kappa shape index (κ1) is 17.4. The third-order valence-corrected chi connectivity index (χ3v) is 2.59. The van der Waals surface area contributed by atoms with Crippen molar-refractivity contribution in [1.29, 1.82) is 0 Å². The molecule has 0 bridgehead atoms. The molecule has 0 aliphatic heterocycles. The third kappa shape index (κ3) is 6.67. The summed E-state index contributed by atoms with van der Waals surface area (Å²) < 4.78 is 12.5. The Morgan fingerprint density at radius 3 is 2.45 bits per heavy atom. The number of benzene rings is 2. The maximum Gasteiger partial charge on any atom is 0.404 e. The van der Waals surface area contributed by atoms with E-state index in [2.05, 4.69) is 5.32 Å². The molecule has 0 aromatic heterocycles. The smallest absolute Gasteiger partial charge is 0.404 e. The standard InChI is InChI=1S/C8H8FNO2.C6H4ClNO2/c9-7-3-1-2-6(4-7)5-10-8(11)12;7-5-2-1-3-6(4-5)8(9)10/h1-4,10H,5H2,(H,11,12);1-4H. The number of carbonyl (C=O) groups is 1. The number of hydrogen-bond acceptors (Lipinski definition) is 3. The van der Waals surface area contributed by atoms with E-state index in [1.54, 1.807) is 18.2 Å². The van der Waals surface area contributed by atoms with Gasteiger partial charge in [0.25, 0.3) is 5.69 Å². The largest absolute Gasteiger partial charge is 0.465 e. The van der Waals surface area contributed by atoms with Crippen LogP contribution in [0, 0.1) is 15.9 Å². The van der Waals surface area contributed by atoms with Crippen LogP contribution in [0.2, 0.25) is 5.02 Å². The van der Waals surface area contributed by atoms with Crippen LogP contribution in [0.4, 0.5) is 14.9 Å². The Kier molecular flexibility index (Phi) is 6.78. The van der Waals surface area contributed by atoms with Gasteiger partial charge in [-0.3, -0.25) is 10.1 Å².